The number of piperazine rings is 1. The summed E-state index contributed by atoms with van der Waals surface area (Å²) in [5.74, 6) is -1.36. The van der Waals surface area contributed by atoms with E-state index in [0.29, 0.717) is 25.9 Å². The van der Waals surface area contributed by atoms with E-state index in [0.717, 1.165) is 38.2 Å². The van der Waals surface area contributed by atoms with E-state index >= 15 is 0 Å². The Morgan fingerprint density at radius 2 is 1.76 bits per heavy atom. The normalized spacial score (nSPS) is 27.3. The second-order valence-corrected chi connectivity index (χ2v) is 8.95. The molecule has 2 heterocycles. The van der Waals surface area contributed by atoms with Crippen LogP contribution < -0.4 is 0 Å². The lowest BCUT2D eigenvalue weighted by atomic mass is 9.85. The molecule has 1 aromatic carbocycles. The van der Waals surface area contributed by atoms with Crippen LogP contribution in [-0.2, 0) is 11.3 Å². The maximum atomic E-state index is 14.0. The number of halogens is 2. The van der Waals surface area contributed by atoms with Crippen LogP contribution in [0.3, 0.4) is 0 Å². The van der Waals surface area contributed by atoms with Crippen molar-refractivity contribution in [3.05, 3.63) is 35.4 Å². The van der Waals surface area contributed by atoms with Gasteiger partial charge in [-0.1, -0.05) is 18.6 Å². The number of aliphatic hydroxyl groups is 1. The number of hydrogen-bond acceptors (Lipinski definition) is 4. The molecule has 0 bridgehead atoms. The van der Waals surface area contributed by atoms with Crippen molar-refractivity contribution < 1.29 is 18.7 Å². The fourth-order valence-electron chi connectivity index (χ4n) is 4.78. The van der Waals surface area contributed by atoms with Gasteiger partial charge in [-0.25, -0.2) is 8.78 Å². The minimum absolute atomic E-state index is 0.0140. The van der Waals surface area contributed by atoms with Gasteiger partial charge in [0, 0.05) is 57.9 Å². The lowest BCUT2D eigenvalue weighted by molar-refractivity contribution is -0.160. The summed E-state index contributed by atoms with van der Waals surface area (Å²) in [6, 6.07) is 4.00. The molecule has 1 saturated carbocycles. The van der Waals surface area contributed by atoms with E-state index < -0.39 is 17.2 Å². The number of carbonyl (C=O) groups excluding carboxylic acids is 1. The molecule has 1 aliphatic carbocycles. The van der Waals surface area contributed by atoms with Crippen molar-refractivity contribution in [1.82, 2.24) is 14.7 Å². The Morgan fingerprint density at radius 1 is 1.03 bits per heavy atom. The zero-order chi connectivity index (χ0) is 20.4. The van der Waals surface area contributed by atoms with E-state index in [1.54, 1.807) is 0 Å². The number of hydrogen-bond donors (Lipinski definition) is 1. The first kappa shape index (κ1) is 20.7. The fourth-order valence-corrected chi connectivity index (χ4v) is 4.78. The third kappa shape index (κ3) is 4.62. The lowest BCUT2D eigenvalue weighted by Crippen LogP contribution is -2.60. The van der Waals surface area contributed by atoms with Crippen LogP contribution in [0.2, 0.25) is 0 Å². The minimum atomic E-state index is -1.45. The fraction of sp³-hybridized carbons (Fsp3) is 0.682. The highest BCUT2D eigenvalue weighted by atomic mass is 19.2. The monoisotopic (exact) mass is 407 g/mol. The Kier molecular flexibility index (Phi) is 6.18. The van der Waals surface area contributed by atoms with E-state index in [4.69, 9.17) is 0 Å². The van der Waals surface area contributed by atoms with Crippen molar-refractivity contribution in [1.29, 1.82) is 0 Å². The molecule has 1 atom stereocenters. The van der Waals surface area contributed by atoms with Crippen molar-refractivity contribution in [3.8, 4) is 0 Å². The molecule has 0 unspecified atom stereocenters. The first-order valence-corrected chi connectivity index (χ1v) is 10.8. The highest BCUT2D eigenvalue weighted by molar-refractivity contribution is 5.86. The molecule has 3 fully saturated rings. The number of likely N-dealkylation sites (tertiary alicyclic amines) is 1. The second kappa shape index (κ2) is 8.66. The molecule has 160 valence electrons. The van der Waals surface area contributed by atoms with E-state index in [2.05, 4.69) is 9.80 Å². The SMILES string of the molecule is O=C1N(Cc2cccc(F)c2F)CCC[C@@]1(O)CN1CCN(CC2CCC2)CC1. The summed E-state index contributed by atoms with van der Waals surface area (Å²) in [6.45, 7) is 5.56. The standard InChI is InChI=1S/C22H31F2N3O2/c23-19-7-2-6-18(20(19)24)15-27-9-3-8-22(29,21(27)28)16-26-12-10-25(11-13-26)14-17-4-1-5-17/h2,6-7,17,29H,1,3-5,8-16H2/t22-/m1/s1. The largest absolute Gasteiger partial charge is 0.379 e. The molecule has 0 aromatic heterocycles. The van der Waals surface area contributed by atoms with Gasteiger partial charge in [-0.2, -0.15) is 0 Å². The van der Waals surface area contributed by atoms with Gasteiger partial charge < -0.3 is 14.9 Å². The molecule has 5 nitrogen and oxygen atoms in total. The molecule has 7 heteroatoms. The molecule has 1 amide bonds. The first-order chi connectivity index (χ1) is 13.9. The lowest BCUT2D eigenvalue weighted by Gasteiger charge is -2.43. The third-order valence-electron chi connectivity index (χ3n) is 6.79. The number of carbonyl (C=O) groups is 1. The number of piperidine rings is 1. The molecule has 1 N–H and O–H groups in total. The molecule has 0 spiro atoms. The molecule has 3 aliphatic rings. The molecular formula is C22H31F2N3O2. The van der Waals surface area contributed by atoms with Crippen LogP contribution in [0.1, 0.15) is 37.7 Å². The number of benzene rings is 1. The highest BCUT2D eigenvalue weighted by Gasteiger charge is 2.43. The van der Waals surface area contributed by atoms with Crippen LogP contribution in [0.15, 0.2) is 18.2 Å². The summed E-state index contributed by atoms with van der Waals surface area (Å²) >= 11 is 0. The Bertz CT molecular complexity index is 735. The number of nitrogens with zero attached hydrogens (tertiary/aromatic N) is 3. The minimum Gasteiger partial charge on any atom is -0.379 e. The van der Waals surface area contributed by atoms with Gasteiger partial charge in [0.1, 0.15) is 0 Å². The van der Waals surface area contributed by atoms with Crippen molar-refractivity contribution in [2.45, 2.75) is 44.2 Å². The Labute approximate surface area is 171 Å². The average molecular weight is 408 g/mol. The summed E-state index contributed by atoms with van der Waals surface area (Å²) in [7, 11) is 0. The van der Waals surface area contributed by atoms with Gasteiger partial charge in [0.25, 0.3) is 5.91 Å². The van der Waals surface area contributed by atoms with Gasteiger partial charge in [0.2, 0.25) is 0 Å². The number of β-amino-alcohol motifs (C(OH)–C–C–N with tert-alkyl or cyclic N) is 1. The average Bonchev–Trinajstić information content (AvgIpc) is 2.67. The number of rotatable bonds is 6. The molecule has 2 aliphatic heterocycles. The Hall–Kier alpha value is -1.57. The van der Waals surface area contributed by atoms with E-state index in [9.17, 15) is 18.7 Å². The van der Waals surface area contributed by atoms with Crippen LogP contribution >= 0.6 is 0 Å². The summed E-state index contributed by atoms with van der Waals surface area (Å²) in [4.78, 5) is 19.1. The molecule has 1 aromatic rings. The molecule has 4 rings (SSSR count). The van der Waals surface area contributed by atoms with E-state index in [1.807, 2.05) is 0 Å². The van der Waals surface area contributed by atoms with Gasteiger partial charge in [-0.3, -0.25) is 9.69 Å². The van der Waals surface area contributed by atoms with Crippen molar-refractivity contribution in [2.24, 2.45) is 5.92 Å². The summed E-state index contributed by atoms with van der Waals surface area (Å²) in [5.41, 5.74) is -1.30. The maximum Gasteiger partial charge on any atom is 0.256 e. The van der Waals surface area contributed by atoms with Crippen molar-refractivity contribution in [2.75, 3.05) is 45.8 Å². The van der Waals surface area contributed by atoms with Crippen LogP contribution in [0.25, 0.3) is 0 Å². The molecule has 2 saturated heterocycles. The van der Waals surface area contributed by atoms with Crippen LogP contribution in [0.5, 0.6) is 0 Å². The summed E-state index contributed by atoms with van der Waals surface area (Å²) < 4.78 is 27.5. The predicted octanol–water partition coefficient (Wildman–Crippen LogP) is 2.24. The van der Waals surface area contributed by atoms with Gasteiger partial charge in [0.05, 0.1) is 0 Å². The second-order valence-electron chi connectivity index (χ2n) is 8.95. The molecule has 0 radical (unpaired) electrons. The van der Waals surface area contributed by atoms with Crippen LogP contribution in [-0.4, -0.2) is 77.1 Å². The Morgan fingerprint density at radius 3 is 2.45 bits per heavy atom. The van der Waals surface area contributed by atoms with E-state index in [1.165, 1.54) is 42.8 Å². The predicted molar refractivity (Wildman–Crippen MR) is 106 cm³/mol. The van der Waals surface area contributed by atoms with Crippen molar-refractivity contribution >= 4 is 5.91 Å². The van der Waals surface area contributed by atoms with Gasteiger partial charge >= 0.3 is 0 Å². The zero-order valence-electron chi connectivity index (χ0n) is 17.0. The summed E-state index contributed by atoms with van der Waals surface area (Å²) in [5, 5.41) is 11.1. The van der Waals surface area contributed by atoms with Gasteiger partial charge in [0.15, 0.2) is 17.2 Å². The van der Waals surface area contributed by atoms with Crippen molar-refractivity contribution in [3.63, 3.8) is 0 Å². The third-order valence-corrected chi connectivity index (χ3v) is 6.79. The quantitative estimate of drug-likeness (QED) is 0.786. The topological polar surface area (TPSA) is 47.0 Å². The first-order valence-electron chi connectivity index (χ1n) is 10.8. The smallest absolute Gasteiger partial charge is 0.256 e. The van der Waals surface area contributed by atoms with Crippen LogP contribution in [0.4, 0.5) is 8.78 Å². The van der Waals surface area contributed by atoms with E-state index in [-0.39, 0.29) is 18.0 Å². The Balaban J connectivity index is 1.33. The summed E-state index contributed by atoms with van der Waals surface area (Å²) in [6.07, 6.45) is 5.11. The zero-order valence-corrected chi connectivity index (χ0v) is 17.0. The molecular weight excluding hydrogens is 376 g/mol. The van der Waals surface area contributed by atoms with Gasteiger partial charge in [-0.15, -0.1) is 0 Å². The highest BCUT2D eigenvalue weighted by Crippen LogP contribution is 2.29. The maximum absolute atomic E-state index is 14.0. The van der Waals surface area contributed by atoms with Gasteiger partial charge in [-0.05, 0) is 37.7 Å². The molecule has 29 heavy (non-hydrogen) atoms. The van der Waals surface area contributed by atoms with Crippen LogP contribution in [0, 0.1) is 17.6 Å². The number of amides is 1.